The molecular formula is C8H6Cl2N2O2S. The van der Waals surface area contributed by atoms with E-state index in [1.165, 1.54) is 12.1 Å². The second kappa shape index (κ2) is 3.37. The quantitative estimate of drug-likeness (QED) is 0.784. The van der Waals surface area contributed by atoms with Crippen molar-refractivity contribution in [3.05, 3.63) is 22.2 Å². The van der Waals surface area contributed by atoms with Gasteiger partial charge < -0.3 is 5.32 Å². The van der Waals surface area contributed by atoms with E-state index in [9.17, 15) is 8.42 Å². The van der Waals surface area contributed by atoms with Gasteiger partial charge in [-0.1, -0.05) is 23.2 Å². The van der Waals surface area contributed by atoms with E-state index in [2.05, 4.69) is 9.71 Å². The van der Waals surface area contributed by atoms with Gasteiger partial charge >= 0.3 is 0 Å². The predicted octanol–water partition coefficient (Wildman–Crippen LogP) is 2.53. The van der Waals surface area contributed by atoms with Crippen molar-refractivity contribution in [2.45, 2.75) is 11.8 Å². The van der Waals surface area contributed by atoms with Crippen LogP contribution in [0.1, 0.15) is 6.92 Å². The molecule has 1 aliphatic heterocycles. The molecule has 0 fully saturated rings. The van der Waals surface area contributed by atoms with Crippen LogP contribution in [0, 0.1) is 0 Å². The van der Waals surface area contributed by atoms with E-state index in [4.69, 9.17) is 23.2 Å². The van der Waals surface area contributed by atoms with Gasteiger partial charge in [0, 0.05) is 0 Å². The Hall–Kier alpha value is -0.780. The van der Waals surface area contributed by atoms with E-state index in [1.54, 1.807) is 6.92 Å². The summed E-state index contributed by atoms with van der Waals surface area (Å²) in [4.78, 5) is 0.0440. The fourth-order valence-electron chi connectivity index (χ4n) is 1.29. The van der Waals surface area contributed by atoms with Crippen molar-refractivity contribution in [2.75, 3.05) is 5.32 Å². The molecule has 1 N–H and O–H groups in total. The molecule has 1 aromatic carbocycles. The topological polar surface area (TPSA) is 58.5 Å². The molecule has 2 rings (SSSR count). The molecule has 4 nitrogen and oxygen atoms in total. The average molecular weight is 265 g/mol. The molecule has 1 aliphatic rings. The van der Waals surface area contributed by atoms with Crippen molar-refractivity contribution in [2.24, 2.45) is 4.40 Å². The molecule has 0 amide bonds. The zero-order valence-corrected chi connectivity index (χ0v) is 9.91. The van der Waals surface area contributed by atoms with Crippen LogP contribution in [0.5, 0.6) is 0 Å². The molecule has 1 heterocycles. The van der Waals surface area contributed by atoms with Crippen LogP contribution in [0.25, 0.3) is 0 Å². The summed E-state index contributed by atoms with van der Waals surface area (Å²) in [7, 11) is -3.65. The molecule has 15 heavy (non-hydrogen) atoms. The summed E-state index contributed by atoms with van der Waals surface area (Å²) in [5, 5.41) is 3.30. The highest BCUT2D eigenvalue weighted by Gasteiger charge is 2.24. The summed E-state index contributed by atoms with van der Waals surface area (Å²) in [5.74, 6) is 0.306. The summed E-state index contributed by atoms with van der Waals surface area (Å²) in [6, 6.07) is 2.76. The first-order valence-corrected chi connectivity index (χ1v) is 6.17. The molecule has 80 valence electrons. The van der Waals surface area contributed by atoms with Crippen molar-refractivity contribution in [1.82, 2.24) is 0 Å². The normalized spacial score (nSPS) is 17.7. The van der Waals surface area contributed by atoms with Crippen LogP contribution in [0.4, 0.5) is 5.69 Å². The SMILES string of the molecule is CC1=NS(=O)(=O)c2cc(Cl)c(Cl)cc2N1. The molecule has 0 atom stereocenters. The molecule has 0 saturated heterocycles. The molecule has 0 unspecified atom stereocenters. The number of halogens is 2. The summed E-state index contributed by atoms with van der Waals surface area (Å²) in [6.07, 6.45) is 0. The zero-order valence-electron chi connectivity index (χ0n) is 7.58. The molecule has 0 radical (unpaired) electrons. The maximum Gasteiger partial charge on any atom is 0.286 e. The van der Waals surface area contributed by atoms with Crippen LogP contribution in [0.3, 0.4) is 0 Å². The second-order valence-electron chi connectivity index (χ2n) is 3.04. The van der Waals surface area contributed by atoms with Gasteiger partial charge in [-0.2, -0.15) is 8.42 Å². The average Bonchev–Trinajstić information content (AvgIpc) is 2.07. The van der Waals surface area contributed by atoms with Crippen molar-refractivity contribution >= 4 is 44.7 Å². The van der Waals surface area contributed by atoms with Crippen LogP contribution in [-0.2, 0) is 10.0 Å². The van der Waals surface area contributed by atoms with Gasteiger partial charge in [0.25, 0.3) is 10.0 Å². The summed E-state index contributed by atoms with van der Waals surface area (Å²) >= 11 is 11.5. The Kier molecular flexibility index (Phi) is 2.41. The Balaban J connectivity index is 2.75. The first-order chi connectivity index (χ1) is 6.90. The monoisotopic (exact) mass is 264 g/mol. The lowest BCUT2D eigenvalue weighted by molar-refractivity contribution is 0.598. The van der Waals surface area contributed by atoms with Crippen LogP contribution in [0.2, 0.25) is 10.0 Å². The number of benzene rings is 1. The third-order valence-electron chi connectivity index (χ3n) is 1.87. The van der Waals surface area contributed by atoms with Gasteiger partial charge in [-0.25, -0.2) is 0 Å². The third-order valence-corrected chi connectivity index (χ3v) is 4.00. The minimum absolute atomic E-state index is 0.0440. The van der Waals surface area contributed by atoms with E-state index < -0.39 is 10.0 Å². The smallest absolute Gasteiger partial charge is 0.286 e. The van der Waals surface area contributed by atoms with Crippen molar-refractivity contribution in [3.63, 3.8) is 0 Å². The molecule has 7 heteroatoms. The first-order valence-electron chi connectivity index (χ1n) is 3.98. The molecular weight excluding hydrogens is 259 g/mol. The second-order valence-corrected chi connectivity index (χ2v) is 5.43. The van der Waals surface area contributed by atoms with Gasteiger partial charge in [0.05, 0.1) is 15.7 Å². The number of hydrogen-bond donors (Lipinski definition) is 1. The van der Waals surface area contributed by atoms with Gasteiger partial charge in [-0.3, -0.25) is 0 Å². The van der Waals surface area contributed by atoms with Crippen LogP contribution in [0.15, 0.2) is 21.4 Å². The van der Waals surface area contributed by atoms with Gasteiger partial charge in [-0.05, 0) is 19.1 Å². The number of rotatable bonds is 0. The lowest BCUT2D eigenvalue weighted by Crippen LogP contribution is -2.18. The zero-order chi connectivity index (χ0) is 11.2. The highest BCUT2D eigenvalue weighted by atomic mass is 35.5. The Morgan fingerprint density at radius 1 is 1.27 bits per heavy atom. The standard InChI is InChI=1S/C8H6Cl2N2O2S/c1-4-11-7-2-5(9)6(10)3-8(7)15(13,14)12-4/h2-3H,1H3,(H,11,12). The van der Waals surface area contributed by atoms with E-state index in [1.807, 2.05) is 0 Å². The maximum atomic E-state index is 11.6. The summed E-state index contributed by atoms with van der Waals surface area (Å²) in [5.41, 5.74) is 0.400. The summed E-state index contributed by atoms with van der Waals surface area (Å²) < 4.78 is 26.7. The first kappa shape index (κ1) is 10.7. The number of hydrogen-bond acceptors (Lipinski definition) is 3. The van der Waals surface area contributed by atoms with Gasteiger partial charge in [0.1, 0.15) is 10.7 Å². The minimum atomic E-state index is -3.65. The summed E-state index contributed by atoms with van der Waals surface area (Å²) in [6.45, 7) is 1.56. The third kappa shape index (κ3) is 1.82. The van der Waals surface area contributed by atoms with Gasteiger partial charge in [-0.15, -0.1) is 4.40 Å². The molecule has 0 aliphatic carbocycles. The number of nitrogens with zero attached hydrogens (tertiary/aromatic N) is 1. The lowest BCUT2D eigenvalue weighted by atomic mass is 10.3. The number of fused-ring (bicyclic) bond motifs is 1. The molecule has 0 spiro atoms. The lowest BCUT2D eigenvalue weighted by Gasteiger charge is -2.16. The molecule has 0 aromatic heterocycles. The van der Waals surface area contributed by atoms with E-state index in [0.717, 1.165) is 0 Å². The predicted molar refractivity (Wildman–Crippen MR) is 60.4 cm³/mol. The van der Waals surface area contributed by atoms with E-state index >= 15 is 0 Å². The van der Waals surface area contributed by atoms with E-state index in [-0.39, 0.29) is 9.92 Å². The number of amidine groups is 1. The molecule has 1 aromatic rings. The Morgan fingerprint density at radius 3 is 2.53 bits per heavy atom. The Labute approximate surface area is 97.0 Å². The fourth-order valence-corrected chi connectivity index (χ4v) is 2.84. The maximum absolute atomic E-state index is 11.6. The Bertz CT molecular complexity index is 566. The van der Waals surface area contributed by atoms with Gasteiger partial charge in [0.2, 0.25) is 0 Å². The number of anilines is 1. The highest BCUT2D eigenvalue weighted by Crippen LogP contribution is 2.34. The molecule has 0 bridgehead atoms. The fraction of sp³-hybridized carbons (Fsp3) is 0.125. The number of nitrogens with one attached hydrogen (secondary N) is 1. The van der Waals surface area contributed by atoms with Gasteiger partial charge in [0.15, 0.2) is 0 Å². The minimum Gasteiger partial charge on any atom is -0.342 e. The van der Waals surface area contributed by atoms with Crippen molar-refractivity contribution in [3.8, 4) is 0 Å². The van der Waals surface area contributed by atoms with Crippen LogP contribution in [-0.4, -0.2) is 14.3 Å². The van der Waals surface area contributed by atoms with Crippen LogP contribution >= 0.6 is 23.2 Å². The number of sulfonamides is 1. The van der Waals surface area contributed by atoms with Crippen molar-refractivity contribution < 1.29 is 8.42 Å². The highest BCUT2D eigenvalue weighted by molar-refractivity contribution is 7.90. The Morgan fingerprint density at radius 2 is 1.87 bits per heavy atom. The van der Waals surface area contributed by atoms with Crippen molar-refractivity contribution in [1.29, 1.82) is 0 Å². The largest absolute Gasteiger partial charge is 0.342 e. The van der Waals surface area contributed by atoms with E-state index in [0.29, 0.717) is 16.5 Å². The molecule has 0 saturated carbocycles. The van der Waals surface area contributed by atoms with Crippen LogP contribution < -0.4 is 5.32 Å².